The van der Waals surface area contributed by atoms with Crippen LogP contribution in [0.5, 0.6) is 17.2 Å². The molecule has 0 heterocycles. The summed E-state index contributed by atoms with van der Waals surface area (Å²) < 4.78 is 42.4. The Morgan fingerprint density at radius 1 is 0.973 bits per heavy atom. The Hall–Kier alpha value is -3.47. The summed E-state index contributed by atoms with van der Waals surface area (Å²) in [5.41, 5.74) is 0.977. The van der Waals surface area contributed by atoms with Crippen LogP contribution in [0.2, 0.25) is 0 Å². The summed E-state index contributed by atoms with van der Waals surface area (Å²) in [5, 5.41) is 2.85. The van der Waals surface area contributed by atoms with Crippen LogP contribution in [0.25, 0.3) is 0 Å². The number of carbonyl (C=O) groups excluding carboxylic acids is 2. The van der Waals surface area contributed by atoms with Gasteiger partial charge in [-0.05, 0) is 42.7 Å². The molecule has 0 radical (unpaired) electrons. The lowest BCUT2D eigenvalue weighted by Gasteiger charge is -2.33. The van der Waals surface area contributed by atoms with E-state index in [-0.39, 0.29) is 18.1 Å². The van der Waals surface area contributed by atoms with Gasteiger partial charge in [0.05, 0.1) is 33.3 Å². The molecule has 10 nitrogen and oxygen atoms in total. The third-order valence-corrected chi connectivity index (χ3v) is 6.90. The Labute approximate surface area is 219 Å². The molecule has 2 aromatic carbocycles. The molecule has 0 saturated carbocycles. The number of anilines is 1. The number of nitrogens with one attached hydrogen (secondary N) is 1. The Morgan fingerprint density at radius 2 is 1.68 bits per heavy atom. The number of carbonyl (C=O) groups is 2. The van der Waals surface area contributed by atoms with Gasteiger partial charge in [-0.1, -0.05) is 26.0 Å². The molecular weight excluding hydrogens is 498 g/mol. The highest BCUT2D eigenvalue weighted by Crippen LogP contribution is 2.32. The molecule has 0 saturated heterocycles. The molecule has 1 atom stereocenters. The van der Waals surface area contributed by atoms with E-state index >= 15 is 0 Å². The van der Waals surface area contributed by atoms with Crippen LogP contribution in [0.1, 0.15) is 32.3 Å². The Bertz CT molecular complexity index is 1170. The second kappa shape index (κ2) is 13.7. The summed E-state index contributed by atoms with van der Waals surface area (Å²) in [7, 11) is 0.582. The number of sulfonamides is 1. The van der Waals surface area contributed by atoms with Crippen molar-refractivity contribution < 1.29 is 32.2 Å². The van der Waals surface area contributed by atoms with Crippen LogP contribution >= 0.6 is 0 Å². The van der Waals surface area contributed by atoms with Gasteiger partial charge < -0.3 is 24.4 Å². The summed E-state index contributed by atoms with van der Waals surface area (Å²) >= 11 is 0. The van der Waals surface area contributed by atoms with E-state index in [0.29, 0.717) is 30.2 Å². The fraction of sp³-hybridized carbons (Fsp3) is 0.462. The van der Waals surface area contributed by atoms with E-state index in [1.54, 1.807) is 31.4 Å². The first-order valence-electron chi connectivity index (χ1n) is 12.0. The molecule has 37 heavy (non-hydrogen) atoms. The van der Waals surface area contributed by atoms with Crippen LogP contribution in [0, 0.1) is 0 Å². The predicted octanol–water partition coefficient (Wildman–Crippen LogP) is 2.81. The van der Waals surface area contributed by atoms with Crippen molar-refractivity contribution in [2.75, 3.05) is 45.0 Å². The molecule has 11 heteroatoms. The maximum absolute atomic E-state index is 13.7. The van der Waals surface area contributed by atoms with Crippen LogP contribution in [0.3, 0.4) is 0 Å². The van der Waals surface area contributed by atoms with Crippen molar-refractivity contribution in [3.8, 4) is 17.2 Å². The van der Waals surface area contributed by atoms with Gasteiger partial charge in [0.15, 0.2) is 11.5 Å². The van der Waals surface area contributed by atoms with Crippen LogP contribution in [-0.4, -0.2) is 71.8 Å². The second-order valence-corrected chi connectivity index (χ2v) is 10.3. The summed E-state index contributed by atoms with van der Waals surface area (Å²) in [5.74, 6) is 0.527. The van der Waals surface area contributed by atoms with E-state index in [1.807, 2.05) is 19.9 Å². The van der Waals surface area contributed by atoms with Crippen molar-refractivity contribution in [3.63, 3.8) is 0 Å². The standard InChI is InChI=1S/C26H37N3O7S/c1-7-14-27-26(31)22(8-2)28(17-19-10-9-11-21(15-19)34-3)25(30)18-29(37(6,32)33)20-12-13-23(35-4)24(16-20)36-5/h9-13,15-16,22H,7-8,14,17-18H2,1-6H3,(H,27,31)/t22-/m0/s1. The van der Waals surface area contributed by atoms with Crippen LogP contribution in [0.4, 0.5) is 5.69 Å². The highest BCUT2D eigenvalue weighted by Gasteiger charge is 2.32. The fourth-order valence-electron chi connectivity index (χ4n) is 3.85. The first kappa shape index (κ1) is 29.8. The zero-order valence-corrected chi connectivity index (χ0v) is 23.1. The average Bonchev–Trinajstić information content (AvgIpc) is 2.89. The van der Waals surface area contributed by atoms with Gasteiger partial charge >= 0.3 is 0 Å². The van der Waals surface area contributed by atoms with Crippen molar-refractivity contribution in [1.29, 1.82) is 0 Å². The fourth-order valence-corrected chi connectivity index (χ4v) is 4.69. The number of methoxy groups -OCH3 is 3. The van der Waals surface area contributed by atoms with E-state index in [9.17, 15) is 18.0 Å². The number of nitrogens with zero attached hydrogens (tertiary/aromatic N) is 2. The summed E-state index contributed by atoms with van der Waals surface area (Å²) in [6, 6.07) is 11.0. The molecule has 0 bridgehead atoms. The second-order valence-electron chi connectivity index (χ2n) is 8.40. The topological polar surface area (TPSA) is 114 Å². The molecule has 0 fully saturated rings. The third kappa shape index (κ3) is 8.01. The number of benzene rings is 2. The third-order valence-electron chi connectivity index (χ3n) is 5.76. The maximum atomic E-state index is 13.7. The Kier molecular flexibility index (Phi) is 11.0. The molecule has 204 valence electrons. The molecular formula is C26H37N3O7S. The number of hydrogen-bond donors (Lipinski definition) is 1. The minimum atomic E-state index is -3.87. The SMILES string of the molecule is CCCNC(=O)[C@H](CC)N(Cc1cccc(OC)c1)C(=O)CN(c1ccc(OC)c(OC)c1)S(C)(=O)=O. The van der Waals surface area contributed by atoms with Crippen molar-refractivity contribution in [2.24, 2.45) is 0 Å². The van der Waals surface area contributed by atoms with Crippen LogP contribution in [0.15, 0.2) is 42.5 Å². The lowest BCUT2D eigenvalue weighted by molar-refractivity contribution is -0.140. The van der Waals surface area contributed by atoms with Crippen molar-refractivity contribution in [2.45, 2.75) is 39.3 Å². The molecule has 0 aromatic heterocycles. The molecule has 1 N–H and O–H groups in total. The highest BCUT2D eigenvalue weighted by atomic mass is 32.2. The summed E-state index contributed by atoms with van der Waals surface area (Å²) in [6.45, 7) is 3.81. The smallest absolute Gasteiger partial charge is 0.244 e. The van der Waals surface area contributed by atoms with Gasteiger partial charge in [-0.25, -0.2) is 8.42 Å². The lowest BCUT2D eigenvalue weighted by Crippen LogP contribution is -2.52. The van der Waals surface area contributed by atoms with Gasteiger partial charge in [0.1, 0.15) is 18.3 Å². The van der Waals surface area contributed by atoms with Gasteiger partial charge in [-0.15, -0.1) is 0 Å². The number of hydrogen-bond acceptors (Lipinski definition) is 7. The molecule has 2 aromatic rings. The minimum Gasteiger partial charge on any atom is -0.497 e. The first-order chi connectivity index (χ1) is 17.6. The van der Waals surface area contributed by atoms with Crippen molar-refractivity contribution in [3.05, 3.63) is 48.0 Å². The number of ether oxygens (including phenoxy) is 3. The van der Waals surface area contributed by atoms with Gasteiger partial charge in [0.2, 0.25) is 21.8 Å². The lowest BCUT2D eigenvalue weighted by atomic mass is 10.1. The number of rotatable bonds is 14. The van der Waals surface area contributed by atoms with Crippen LogP contribution in [-0.2, 0) is 26.2 Å². The monoisotopic (exact) mass is 535 g/mol. The van der Waals surface area contributed by atoms with E-state index in [1.165, 1.54) is 31.3 Å². The van der Waals surface area contributed by atoms with Crippen molar-refractivity contribution >= 4 is 27.5 Å². The maximum Gasteiger partial charge on any atom is 0.244 e. The van der Waals surface area contributed by atoms with E-state index in [4.69, 9.17) is 14.2 Å². The van der Waals surface area contributed by atoms with E-state index < -0.39 is 28.5 Å². The average molecular weight is 536 g/mol. The van der Waals surface area contributed by atoms with Gasteiger partial charge in [0, 0.05) is 19.2 Å². The molecule has 0 spiro atoms. The zero-order chi connectivity index (χ0) is 27.6. The molecule has 2 rings (SSSR count). The summed E-state index contributed by atoms with van der Waals surface area (Å²) in [6.07, 6.45) is 2.11. The predicted molar refractivity (Wildman–Crippen MR) is 143 cm³/mol. The van der Waals surface area contributed by atoms with E-state index in [2.05, 4.69) is 5.32 Å². The minimum absolute atomic E-state index is 0.0949. The molecule has 0 aliphatic heterocycles. The van der Waals surface area contributed by atoms with Gasteiger partial charge in [-0.3, -0.25) is 13.9 Å². The Morgan fingerprint density at radius 3 is 2.24 bits per heavy atom. The number of amides is 2. The van der Waals surface area contributed by atoms with Gasteiger partial charge in [-0.2, -0.15) is 0 Å². The summed E-state index contributed by atoms with van der Waals surface area (Å²) in [4.78, 5) is 28.2. The van der Waals surface area contributed by atoms with Crippen LogP contribution < -0.4 is 23.8 Å². The quantitative estimate of drug-likeness (QED) is 0.396. The molecule has 0 aliphatic rings. The molecule has 0 unspecified atom stereocenters. The zero-order valence-electron chi connectivity index (χ0n) is 22.3. The van der Waals surface area contributed by atoms with Crippen molar-refractivity contribution in [1.82, 2.24) is 10.2 Å². The van der Waals surface area contributed by atoms with E-state index in [0.717, 1.165) is 22.5 Å². The van der Waals surface area contributed by atoms with Gasteiger partial charge in [0.25, 0.3) is 0 Å². The largest absolute Gasteiger partial charge is 0.497 e. The normalized spacial score (nSPS) is 11.8. The Balaban J connectivity index is 2.48. The molecule has 2 amide bonds. The molecule has 0 aliphatic carbocycles. The highest BCUT2D eigenvalue weighted by molar-refractivity contribution is 7.92. The first-order valence-corrected chi connectivity index (χ1v) is 13.8.